The monoisotopic (exact) mass is 367 g/mol. The average Bonchev–Trinajstić information content (AvgIpc) is 2.99. The molecule has 1 aliphatic rings. The van der Waals surface area contributed by atoms with Crippen molar-refractivity contribution in [1.29, 1.82) is 0 Å². The second-order valence-corrected chi connectivity index (χ2v) is 6.59. The van der Waals surface area contributed by atoms with E-state index in [2.05, 4.69) is 5.32 Å². The molecule has 5 heteroatoms. The molecule has 0 bridgehead atoms. The number of hydrogen-bond donors (Lipinski definition) is 1. The normalized spacial score (nSPS) is 15.3. The maximum atomic E-state index is 12.5. The second kappa shape index (κ2) is 8.16. The molecule has 0 fully saturated rings. The topological polar surface area (TPSA) is 56.8 Å². The fraction of sp³-hybridized carbons (Fsp3) is 0.318. The van der Waals surface area contributed by atoms with E-state index in [0.717, 1.165) is 34.6 Å². The van der Waals surface area contributed by atoms with E-state index in [9.17, 15) is 4.79 Å². The second-order valence-electron chi connectivity index (χ2n) is 6.59. The number of carbonyl (C=O) groups excluding carboxylic acids is 1. The quantitative estimate of drug-likeness (QED) is 0.770. The van der Waals surface area contributed by atoms with Crippen LogP contribution in [0, 0.1) is 6.92 Å². The van der Waals surface area contributed by atoms with Crippen LogP contribution in [-0.4, -0.2) is 25.7 Å². The number of fused-ring (bicyclic) bond motifs is 1. The van der Waals surface area contributed by atoms with Crippen LogP contribution >= 0.6 is 0 Å². The highest BCUT2D eigenvalue weighted by atomic mass is 16.5. The summed E-state index contributed by atoms with van der Waals surface area (Å²) in [5.74, 6) is 1.93. The van der Waals surface area contributed by atoms with Crippen molar-refractivity contribution in [2.75, 3.05) is 19.0 Å². The lowest BCUT2D eigenvalue weighted by atomic mass is 10.1. The Morgan fingerprint density at radius 1 is 1.30 bits per heavy atom. The molecule has 0 spiro atoms. The molecule has 1 amide bonds. The molecule has 0 aromatic heterocycles. The molecule has 1 N–H and O–H groups in total. The van der Waals surface area contributed by atoms with E-state index in [1.807, 2.05) is 51.1 Å². The highest BCUT2D eigenvalue weighted by Gasteiger charge is 2.22. The van der Waals surface area contributed by atoms with E-state index in [4.69, 9.17) is 14.2 Å². The van der Waals surface area contributed by atoms with Gasteiger partial charge in [0.15, 0.2) is 0 Å². The molecule has 1 heterocycles. The minimum absolute atomic E-state index is 0.133. The summed E-state index contributed by atoms with van der Waals surface area (Å²) in [5, 5.41) is 2.89. The van der Waals surface area contributed by atoms with Gasteiger partial charge in [0.2, 0.25) is 5.91 Å². The van der Waals surface area contributed by atoms with Crippen molar-refractivity contribution < 1.29 is 19.0 Å². The fourth-order valence-electron chi connectivity index (χ4n) is 3.14. The molecule has 0 saturated carbocycles. The molecule has 5 nitrogen and oxygen atoms in total. The van der Waals surface area contributed by atoms with Gasteiger partial charge in [-0.05, 0) is 45.0 Å². The average molecular weight is 367 g/mol. The van der Waals surface area contributed by atoms with Gasteiger partial charge in [-0.15, -0.1) is 0 Å². The van der Waals surface area contributed by atoms with Crippen LogP contribution in [0.5, 0.6) is 17.2 Å². The Morgan fingerprint density at radius 3 is 2.85 bits per heavy atom. The summed E-state index contributed by atoms with van der Waals surface area (Å²) in [7, 11) is 1.61. The van der Waals surface area contributed by atoms with E-state index >= 15 is 0 Å². The first-order chi connectivity index (χ1) is 13.0. The van der Waals surface area contributed by atoms with Gasteiger partial charge in [-0.2, -0.15) is 0 Å². The molecule has 0 aliphatic carbocycles. The molecule has 3 rings (SSSR count). The summed E-state index contributed by atoms with van der Waals surface area (Å²) >= 11 is 0. The lowest BCUT2D eigenvalue weighted by molar-refractivity contribution is -0.111. The van der Waals surface area contributed by atoms with Crippen LogP contribution in [0.4, 0.5) is 5.69 Å². The molecule has 1 aliphatic heterocycles. The molecular formula is C22H25NO4. The predicted octanol–water partition coefficient (Wildman–Crippen LogP) is 4.38. The Morgan fingerprint density at radius 2 is 2.11 bits per heavy atom. The summed E-state index contributed by atoms with van der Waals surface area (Å²) in [6, 6.07) is 9.61. The molecule has 142 valence electrons. The van der Waals surface area contributed by atoms with E-state index in [1.54, 1.807) is 13.2 Å². The van der Waals surface area contributed by atoms with Crippen LogP contribution in [0.3, 0.4) is 0 Å². The van der Waals surface area contributed by atoms with Crippen molar-refractivity contribution in [2.24, 2.45) is 0 Å². The number of anilines is 1. The molecule has 0 saturated heterocycles. The van der Waals surface area contributed by atoms with Gasteiger partial charge in [-0.3, -0.25) is 4.79 Å². The third-order valence-electron chi connectivity index (χ3n) is 4.36. The molecular weight excluding hydrogens is 342 g/mol. The van der Waals surface area contributed by atoms with Crippen molar-refractivity contribution in [3.8, 4) is 17.2 Å². The van der Waals surface area contributed by atoms with Gasteiger partial charge < -0.3 is 19.5 Å². The lowest BCUT2D eigenvalue weighted by Gasteiger charge is -2.13. The minimum Gasteiger partial charge on any atom is -0.496 e. The lowest BCUT2D eigenvalue weighted by Crippen LogP contribution is -2.10. The molecule has 1 unspecified atom stereocenters. The maximum absolute atomic E-state index is 12.5. The highest BCUT2D eigenvalue weighted by molar-refractivity contribution is 6.03. The summed E-state index contributed by atoms with van der Waals surface area (Å²) in [6.45, 7) is 6.46. The zero-order valence-electron chi connectivity index (χ0n) is 16.2. The molecule has 27 heavy (non-hydrogen) atoms. The Balaban J connectivity index is 1.80. The number of benzene rings is 2. The summed E-state index contributed by atoms with van der Waals surface area (Å²) in [4.78, 5) is 12.5. The fourth-order valence-corrected chi connectivity index (χ4v) is 3.14. The van der Waals surface area contributed by atoms with Gasteiger partial charge in [-0.1, -0.05) is 11.6 Å². The Kier molecular flexibility index (Phi) is 5.69. The third kappa shape index (κ3) is 4.42. The number of nitrogens with one attached hydrogen (secondary N) is 1. The van der Waals surface area contributed by atoms with Gasteiger partial charge in [0.25, 0.3) is 0 Å². The smallest absolute Gasteiger partial charge is 0.248 e. The van der Waals surface area contributed by atoms with E-state index in [0.29, 0.717) is 18.0 Å². The minimum atomic E-state index is -0.245. The van der Waals surface area contributed by atoms with Crippen molar-refractivity contribution in [1.82, 2.24) is 0 Å². The van der Waals surface area contributed by atoms with Crippen LogP contribution in [0.15, 0.2) is 36.4 Å². The van der Waals surface area contributed by atoms with Crippen molar-refractivity contribution >= 4 is 17.7 Å². The van der Waals surface area contributed by atoms with Gasteiger partial charge in [0, 0.05) is 29.7 Å². The zero-order valence-corrected chi connectivity index (χ0v) is 16.2. The summed E-state index contributed by atoms with van der Waals surface area (Å²) in [5.41, 5.74) is 3.66. The molecule has 0 radical (unpaired) electrons. The Labute approximate surface area is 159 Å². The van der Waals surface area contributed by atoms with Crippen LogP contribution < -0.4 is 19.5 Å². The predicted molar refractivity (Wildman–Crippen MR) is 107 cm³/mol. The van der Waals surface area contributed by atoms with Crippen molar-refractivity contribution in [3.05, 3.63) is 53.1 Å². The van der Waals surface area contributed by atoms with Crippen LogP contribution in [0.1, 0.15) is 30.5 Å². The number of methoxy groups -OCH3 is 1. The van der Waals surface area contributed by atoms with Crippen LogP contribution in [0.25, 0.3) is 6.08 Å². The highest BCUT2D eigenvalue weighted by Crippen LogP contribution is 2.38. The third-order valence-corrected chi connectivity index (χ3v) is 4.36. The first kappa shape index (κ1) is 18.8. The van der Waals surface area contributed by atoms with E-state index in [-0.39, 0.29) is 12.0 Å². The van der Waals surface area contributed by atoms with E-state index in [1.165, 1.54) is 6.08 Å². The Bertz CT molecular complexity index is 873. The number of rotatable bonds is 6. The van der Waals surface area contributed by atoms with Gasteiger partial charge in [0.1, 0.15) is 23.4 Å². The Hall–Kier alpha value is -2.95. The first-order valence-electron chi connectivity index (χ1n) is 9.10. The van der Waals surface area contributed by atoms with Gasteiger partial charge in [0.05, 0.1) is 19.4 Å². The van der Waals surface area contributed by atoms with Gasteiger partial charge in [-0.25, -0.2) is 0 Å². The number of ether oxygens (including phenoxy) is 3. The largest absolute Gasteiger partial charge is 0.496 e. The molecule has 2 aromatic rings. The molecule has 2 aromatic carbocycles. The van der Waals surface area contributed by atoms with Crippen molar-refractivity contribution in [2.45, 2.75) is 33.3 Å². The first-order valence-corrected chi connectivity index (χ1v) is 9.10. The standard InChI is InChI=1S/C22H25NO4/c1-5-26-21-12-17-11-15(3)27-20(17)13-18(21)23-22(24)9-7-16-10-14(2)6-8-19(16)25-4/h6-10,12-13,15H,5,11H2,1-4H3,(H,23,24)/b9-7+. The zero-order chi connectivity index (χ0) is 19.4. The number of carbonyl (C=O) groups is 1. The number of amides is 1. The van der Waals surface area contributed by atoms with Crippen LogP contribution in [0.2, 0.25) is 0 Å². The number of aryl methyl sites for hydroxylation is 1. The summed E-state index contributed by atoms with van der Waals surface area (Å²) in [6.07, 6.45) is 4.21. The SMILES string of the molecule is CCOc1cc2c(cc1NC(=O)/C=C/c1cc(C)ccc1OC)OC(C)C2. The number of hydrogen-bond acceptors (Lipinski definition) is 4. The van der Waals surface area contributed by atoms with Crippen molar-refractivity contribution in [3.63, 3.8) is 0 Å². The van der Waals surface area contributed by atoms with E-state index < -0.39 is 0 Å². The van der Waals surface area contributed by atoms with Crippen LogP contribution in [-0.2, 0) is 11.2 Å². The van der Waals surface area contributed by atoms with Gasteiger partial charge >= 0.3 is 0 Å². The summed E-state index contributed by atoms with van der Waals surface area (Å²) < 4.78 is 16.8. The maximum Gasteiger partial charge on any atom is 0.248 e. The molecule has 1 atom stereocenters.